The van der Waals surface area contributed by atoms with Gasteiger partial charge in [0.25, 0.3) is 0 Å². The molecule has 3 N–H and O–H groups in total. The van der Waals surface area contributed by atoms with E-state index >= 15 is 0 Å². The Hall–Kier alpha value is -0.0800. The topological polar surface area (TPSA) is 38.0 Å². The van der Waals surface area contributed by atoms with E-state index in [-0.39, 0.29) is 0 Å². The van der Waals surface area contributed by atoms with Gasteiger partial charge in [0.15, 0.2) is 0 Å². The molecule has 2 aliphatic carbocycles. The van der Waals surface area contributed by atoms with Crippen LogP contribution in [-0.4, -0.2) is 19.6 Å². The van der Waals surface area contributed by atoms with E-state index in [1.165, 1.54) is 38.6 Å². The van der Waals surface area contributed by atoms with Crippen LogP contribution in [0.1, 0.15) is 46.0 Å². The Bertz CT molecular complexity index is 215. The van der Waals surface area contributed by atoms with E-state index in [9.17, 15) is 0 Å². The van der Waals surface area contributed by atoms with Crippen molar-refractivity contribution in [1.29, 1.82) is 0 Å². The number of nitrogens with two attached hydrogens (primary N) is 1. The van der Waals surface area contributed by atoms with Gasteiger partial charge in [-0.2, -0.15) is 0 Å². The Morgan fingerprint density at radius 3 is 2.40 bits per heavy atom. The highest BCUT2D eigenvalue weighted by Gasteiger charge is 2.41. The zero-order valence-electron chi connectivity index (χ0n) is 10.3. The average Bonchev–Trinajstić information content (AvgIpc) is 2.81. The van der Waals surface area contributed by atoms with Crippen molar-refractivity contribution in [1.82, 2.24) is 5.32 Å². The highest BCUT2D eigenvalue weighted by atomic mass is 14.9. The van der Waals surface area contributed by atoms with Gasteiger partial charge in [0, 0.05) is 13.1 Å². The smallest absolute Gasteiger partial charge is 0.00201 e. The van der Waals surface area contributed by atoms with Gasteiger partial charge < -0.3 is 11.1 Å². The lowest BCUT2D eigenvalue weighted by molar-refractivity contribution is 0.117. The maximum atomic E-state index is 5.78. The standard InChI is InChI=1S/C13H26N2/c1-12(2,11-4-3-5-11)9-15-10-13(8-14)6-7-13/h11,15H,3-10,14H2,1-2H3. The maximum Gasteiger partial charge on any atom is 0.00201 e. The number of hydrogen-bond acceptors (Lipinski definition) is 2. The SMILES string of the molecule is CC(C)(CNCC1(CN)CC1)C1CCC1. The largest absolute Gasteiger partial charge is 0.330 e. The van der Waals surface area contributed by atoms with Gasteiger partial charge in [0.05, 0.1) is 0 Å². The summed E-state index contributed by atoms with van der Waals surface area (Å²) in [4.78, 5) is 0. The van der Waals surface area contributed by atoms with Crippen molar-refractivity contribution >= 4 is 0 Å². The summed E-state index contributed by atoms with van der Waals surface area (Å²) in [5.74, 6) is 0.957. The summed E-state index contributed by atoms with van der Waals surface area (Å²) in [5, 5.41) is 3.65. The zero-order valence-corrected chi connectivity index (χ0v) is 10.3. The van der Waals surface area contributed by atoms with Gasteiger partial charge in [0.2, 0.25) is 0 Å². The van der Waals surface area contributed by atoms with Crippen LogP contribution < -0.4 is 11.1 Å². The van der Waals surface area contributed by atoms with Crippen molar-refractivity contribution in [3.8, 4) is 0 Å². The minimum Gasteiger partial charge on any atom is -0.330 e. The lowest BCUT2D eigenvalue weighted by Gasteiger charge is -2.41. The number of hydrogen-bond donors (Lipinski definition) is 2. The van der Waals surface area contributed by atoms with Crippen LogP contribution in [0.25, 0.3) is 0 Å². The molecule has 2 heteroatoms. The molecule has 0 spiro atoms. The Morgan fingerprint density at radius 1 is 1.33 bits per heavy atom. The van der Waals surface area contributed by atoms with Crippen molar-refractivity contribution < 1.29 is 0 Å². The second kappa shape index (κ2) is 4.06. The summed E-state index contributed by atoms with van der Waals surface area (Å²) in [7, 11) is 0. The molecule has 88 valence electrons. The molecular formula is C13H26N2. The van der Waals surface area contributed by atoms with Crippen LogP contribution in [0.4, 0.5) is 0 Å². The van der Waals surface area contributed by atoms with Gasteiger partial charge in [-0.05, 0) is 49.0 Å². The highest BCUT2D eigenvalue weighted by Crippen LogP contribution is 2.44. The second-order valence-electron chi connectivity index (χ2n) is 6.42. The molecule has 0 amide bonds. The van der Waals surface area contributed by atoms with Gasteiger partial charge in [-0.1, -0.05) is 20.3 Å². The van der Waals surface area contributed by atoms with Crippen LogP contribution in [-0.2, 0) is 0 Å². The quantitative estimate of drug-likeness (QED) is 0.705. The molecule has 2 nitrogen and oxygen atoms in total. The molecule has 2 rings (SSSR count). The molecular weight excluding hydrogens is 184 g/mol. The van der Waals surface area contributed by atoms with Gasteiger partial charge in [-0.15, -0.1) is 0 Å². The average molecular weight is 210 g/mol. The molecule has 2 aliphatic rings. The molecule has 0 heterocycles. The fourth-order valence-corrected chi connectivity index (χ4v) is 2.61. The molecule has 2 fully saturated rings. The third-order valence-corrected chi connectivity index (χ3v) is 4.68. The molecule has 0 radical (unpaired) electrons. The molecule has 0 saturated heterocycles. The minimum absolute atomic E-state index is 0.482. The molecule has 0 aromatic heterocycles. The van der Waals surface area contributed by atoms with E-state index in [1.807, 2.05) is 0 Å². The van der Waals surface area contributed by atoms with Crippen LogP contribution >= 0.6 is 0 Å². The van der Waals surface area contributed by atoms with E-state index in [1.54, 1.807) is 0 Å². The van der Waals surface area contributed by atoms with Gasteiger partial charge in [-0.25, -0.2) is 0 Å². The first-order chi connectivity index (χ1) is 7.08. The monoisotopic (exact) mass is 210 g/mol. The first-order valence-electron chi connectivity index (χ1n) is 6.49. The Labute approximate surface area is 94.0 Å². The molecule has 0 aliphatic heterocycles. The molecule has 0 aromatic carbocycles. The zero-order chi connectivity index (χ0) is 10.9. The third kappa shape index (κ3) is 2.54. The van der Waals surface area contributed by atoms with E-state index in [0.717, 1.165) is 19.0 Å². The molecule has 0 aromatic rings. The van der Waals surface area contributed by atoms with Crippen molar-refractivity contribution in [2.24, 2.45) is 22.5 Å². The van der Waals surface area contributed by atoms with Crippen molar-refractivity contribution in [2.75, 3.05) is 19.6 Å². The van der Waals surface area contributed by atoms with E-state index in [0.29, 0.717) is 10.8 Å². The van der Waals surface area contributed by atoms with Gasteiger partial charge in [-0.3, -0.25) is 0 Å². The summed E-state index contributed by atoms with van der Waals surface area (Å²) in [6.45, 7) is 7.99. The van der Waals surface area contributed by atoms with E-state index in [2.05, 4.69) is 19.2 Å². The van der Waals surface area contributed by atoms with Crippen LogP contribution in [0, 0.1) is 16.7 Å². The van der Waals surface area contributed by atoms with Crippen LogP contribution in [0.15, 0.2) is 0 Å². The maximum absolute atomic E-state index is 5.78. The molecule has 15 heavy (non-hydrogen) atoms. The predicted octanol–water partition coefficient (Wildman–Crippen LogP) is 2.14. The summed E-state index contributed by atoms with van der Waals surface area (Å²) >= 11 is 0. The summed E-state index contributed by atoms with van der Waals surface area (Å²) in [6, 6.07) is 0. The lowest BCUT2D eigenvalue weighted by Crippen LogP contribution is -2.41. The molecule has 0 atom stereocenters. The summed E-state index contributed by atoms with van der Waals surface area (Å²) in [6.07, 6.45) is 7.00. The van der Waals surface area contributed by atoms with Gasteiger partial charge in [0.1, 0.15) is 0 Å². The second-order valence-corrected chi connectivity index (χ2v) is 6.42. The Morgan fingerprint density at radius 2 is 2.00 bits per heavy atom. The lowest BCUT2D eigenvalue weighted by atomic mass is 9.67. The van der Waals surface area contributed by atoms with Gasteiger partial charge >= 0.3 is 0 Å². The van der Waals surface area contributed by atoms with Crippen LogP contribution in [0.2, 0.25) is 0 Å². The predicted molar refractivity (Wildman–Crippen MR) is 64.7 cm³/mol. The van der Waals surface area contributed by atoms with Crippen molar-refractivity contribution in [3.05, 3.63) is 0 Å². The number of rotatable bonds is 6. The Balaban J connectivity index is 1.68. The fourth-order valence-electron chi connectivity index (χ4n) is 2.61. The van der Waals surface area contributed by atoms with E-state index < -0.39 is 0 Å². The Kier molecular flexibility index (Phi) is 3.09. The van der Waals surface area contributed by atoms with Crippen LogP contribution in [0.3, 0.4) is 0 Å². The third-order valence-electron chi connectivity index (χ3n) is 4.68. The molecule has 2 saturated carbocycles. The summed E-state index contributed by atoms with van der Waals surface area (Å²) < 4.78 is 0. The van der Waals surface area contributed by atoms with Crippen molar-refractivity contribution in [2.45, 2.75) is 46.0 Å². The first kappa shape index (κ1) is 11.4. The molecule has 0 unspecified atom stereocenters. The number of nitrogens with one attached hydrogen (secondary N) is 1. The van der Waals surface area contributed by atoms with Crippen LogP contribution in [0.5, 0.6) is 0 Å². The van der Waals surface area contributed by atoms with Crippen molar-refractivity contribution in [3.63, 3.8) is 0 Å². The van der Waals surface area contributed by atoms with E-state index in [4.69, 9.17) is 5.73 Å². The summed E-state index contributed by atoms with van der Waals surface area (Å²) in [5.41, 5.74) is 6.75. The minimum atomic E-state index is 0.482. The first-order valence-corrected chi connectivity index (χ1v) is 6.49. The fraction of sp³-hybridized carbons (Fsp3) is 1.00. The normalized spacial score (nSPS) is 25.0. The molecule has 0 bridgehead atoms. The highest BCUT2D eigenvalue weighted by molar-refractivity contribution is 4.96.